The Morgan fingerprint density at radius 2 is 2.20 bits per heavy atom. The highest BCUT2D eigenvalue weighted by atomic mass is 16.5. The summed E-state index contributed by atoms with van der Waals surface area (Å²) < 4.78 is 10.7. The van der Waals surface area contributed by atoms with Crippen LogP contribution < -0.4 is 5.32 Å². The summed E-state index contributed by atoms with van der Waals surface area (Å²) in [6.45, 7) is 4.21. The van der Waals surface area contributed by atoms with Crippen molar-refractivity contribution in [3.63, 3.8) is 0 Å². The van der Waals surface area contributed by atoms with Crippen LogP contribution in [0.5, 0.6) is 0 Å². The Morgan fingerprint density at radius 1 is 1.45 bits per heavy atom. The number of benzene rings is 1. The van der Waals surface area contributed by atoms with Crippen LogP contribution in [0.3, 0.4) is 0 Å². The number of carbonyl (C=O) groups excluding carboxylic acids is 1. The summed E-state index contributed by atoms with van der Waals surface area (Å²) in [5.74, 6) is 0. The van der Waals surface area contributed by atoms with Crippen LogP contribution in [0.4, 0.5) is 10.5 Å². The van der Waals surface area contributed by atoms with Crippen molar-refractivity contribution in [2.45, 2.75) is 26.0 Å². The van der Waals surface area contributed by atoms with Crippen molar-refractivity contribution in [2.24, 2.45) is 0 Å². The Morgan fingerprint density at radius 3 is 2.80 bits per heavy atom. The van der Waals surface area contributed by atoms with Crippen LogP contribution in [0, 0.1) is 0 Å². The van der Waals surface area contributed by atoms with Gasteiger partial charge in [0.25, 0.3) is 0 Å². The molecule has 1 unspecified atom stereocenters. The van der Waals surface area contributed by atoms with Gasteiger partial charge in [-0.05, 0) is 31.2 Å². The highest BCUT2D eigenvalue weighted by Gasteiger charge is 2.22. The fourth-order valence-electron chi connectivity index (χ4n) is 2.10. The topological polar surface area (TPSA) is 50.8 Å². The first-order chi connectivity index (χ1) is 9.70. The lowest BCUT2D eigenvalue weighted by Gasteiger charge is -2.18. The molecule has 0 bridgehead atoms. The molecule has 2 rings (SSSR count). The summed E-state index contributed by atoms with van der Waals surface area (Å²) in [5.41, 5.74) is 1.82. The minimum Gasteiger partial charge on any atom is -0.449 e. The van der Waals surface area contributed by atoms with Gasteiger partial charge in [0.1, 0.15) is 6.23 Å². The average Bonchev–Trinajstić information content (AvgIpc) is 2.86. The van der Waals surface area contributed by atoms with Crippen LogP contribution in [0.2, 0.25) is 0 Å². The molecule has 1 aliphatic rings. The summed E-state index contributed by atoms with van der Waals surface area (Å²) >= 11 is 0. The van der Waals surface area contributed by atoms with E-state index in [-0.39, 0.29) is 6.23 Å². The third-order valence-corrected chi connectivity index (χ3v) is 3.29. The van der Waals surface area contributed by atoms with Crippen molar-refractivity contribution in [3.8, 4) is 0 Å². The van der Waals surface area contributed by atoms with E-state index >= 15 is 0 Å². The van der Waals surface area contributed by atoms with Crippen molar-refractivity contribution in [1.29, 1.82) is 0 Å². The minimum absolute atomic E-state index is 0.0144. The molecule has 0 aliphatic carbocycles. The Hall–Kier alpha value is -1.59. The van der Waals surface area contributed by atoms with Gasteiger partial charge in [-0.1, -0.05) is 25.5 Å². The smallest absolute Gasteiger partial charge is 0.411 e. The molecule has 0 saturated carbocycles. The lowest BCUT2D eigenvalue weighted by atomic mass is 10.1. The highest BCUT2D eigenvalue weighted by molar-refractivity contribution is 5.84. The van der Waals surface area contributed by atoms with E-state index in [0.29, 0.717) is 6.61 Å². The molecule has 1 atom stereocenters. The summed E-state index contributed by atoms with van der Waals surface area (Å²) in [5, 5.41) is 2.71. The van der Waals surface area contributed by atoms with Crippen molar-refractivity contribution in [2.75, 3.05) is 32.1 Å². The van der Waals surface area contributed by atoms with Gasteiger partial charge in [-0.25, -0.2) is 4.79 Å². The number of ether oxygens (including phenoxy) is 2. The summed E-state index contributed by atoms with van der Waals surface area (Å²) in [6, 6.07) is 7.67. The Kier molecular flexibility index (Phi) is 5.38. The number of carbonyl (C=O) groups is 1. The molecular formula is C15H22N2O3. The molecule has 0 radical (unpaired) electrons. The second-order valence-corrected chi connectivity index (χ2v) is 4.94. The van der Waals surface area contributed by atoms with E-state index in [1.54, 1.807) is 0 Å². The maximum absolute atomic E-state index is 11.5. The van der Waals surface area contributed by atoms with Gasteiger partial charge >= 0.3 is 6.09 Å². The van der Waals surface area contributed by atoms with Gasteiger partial charge in [-0.3, -0.25) is 10.2 Å². The molecule has 1 aromatic carbocycles. The number of unbranched alkanes of at least 4 members (excludes halogenated alkanes) is 1. The molecule has 1 aromatic rings. The van der Waals surface area contributed by atoms with Crippen LogP contribution in [-0.2, 0) is 9.47 Å². The zero-order chi connectivity index (χ0) is 14.4. The van der Waals surface area contributed by atoms with E-state index in [9.17, 15) is 4.79 Å². The zero-order valence-corrected chi connectivity index (χ0v) is 12.1. The molecule has 1 aliphatic heterocycles. The Balaban J connectivity index is 1.86. The van der Waals surface area contributed by atoms with Gasteiger partial charge in [0.2, 0.25) is 0 Å². The maximum Gasteiger partial charge on any atom is 0.411 e. The third kappa shape index (κ3) is 3.95. The molecular weight excluding hydrogens is 256 g/mol. The second kappa shape index (κ2) is 7.26. The van der Waals surface area contributed by atoms with Gasteiger partial charge in [0.05, 0.1) is 13.2 Å². The lowest BCUT2D eigenvalue weighted by molar-refractivity contribution is 0.0454. The molecule has 1 amide bonds. The average molecular weight is 278 g/mol. The quantitative estimate of drug-likeness (QED) is 0.841. The number of amides is 1. The predicted octanol–water partition coefficient (Wildman–Crippen LogP) is 3.00. The molecule has 5 heteroatoms. The van der Waals surface area contributed by atoms with Gasteiger partial charge in [0, 0.05) is 12.2 Å². The van der Waals surface area contributed by atoms with Crippen LogP contribution in [-0.4, -0.2) is 37.8 Å². The van der Waals surface area contributed by atoms with Crippen LogP contribution in [0.1, 0.15) is 31.6 Å². The number of nitrogens with zero attached hydrogens (tertiary/aromatic N) is 1. The molecule has 1 heterocycles. The van der Waals surface area contributed by atoms with Gasteiger partial charge in [-0.2, -0.15) is 0 Å². The normalized spacial score (nSPS) is 19.0. The van der Waals surface area contributed by atoms with Crippen molar-refractivity contribution in [1.82, 2.24) is 4.90 Å². The molecule has 0 spiro atoms. The maximum atomic E-state index is 11.5. The van der Waals surface area contributed by atoms with E-state index < -0.39 is 6.09 Å². The standard InChI is InChI=1S/C15H22N2O3/c1-3-4-10-20-15(18)16-13-7-5-12(6-8-13)14-17(2)9-11-19-14/h5-8,14H,3-4,9-11H2,1-2H3,(H,16,18). The molecule has 5 nitrogen and oxygen atoms in total. The van der Waals surface area contributed by atoms with Gasteiger partial charge < -0.3 is 9.47 Å². The van der Waals surface area contributed by atoms with Crippen LogP contribution in [0.15, 0.2) is 24.3 Å². The summed E-state index contributed by atoms with van der Waals surface area (Å²) in [4.78, 5) is 13.7. The number of hydrogen-bond acceptors (Lipinski definition) is 4. The predicted molar refractivity (Wildman–Crippen MR) is 77.6 cm³/mol. The zero-order valence-electron chi connectivity index (χ0n) is 12.1. The van der Waals surface area contributed by atoms with Crippen LogP contribution >= 0.6 is 0 Å². The molecule has 1 saturated heterocycles. The van der Waals surface area contributed by atoms with E-state index in [4.69, 9.17) is 9.47 Å². The monoisotopic (exact) mass is 278 g/mol. The first-order valence-electron chi connectivity index (χ1n) is 7.06. The number of likely N-dealkylation sites (N-methyl/N-ethyl adjacent to an activating group) is 1. The van der Waals surface area contributed by atoms with E-state index in [1.807, 2.05) is 31.3 Å². The van der Waals surface area contributed by atoms with Crippen molar-refractivity contribution >= 4 is 11.8 Å². The number of hydrogen-bond donors (Lipinski definition) is 1. The van der Waals surface area contributed by atoms with Crippen molar-refractivity contribution < 1.29 is 14.3 Å². The minimum atomic E-state index is -0.402. The molecule has 1 N–H and O–H groups in total. The second-order valence-electron chi connectivity index (χ2n) is 4.94. The molecule has 110 valence electrons. The first kappa shape index (κ1) is 14.8. The first-order valence-corrected chi connectivity index (χ1v) is 7.06. The SMILES string of the molecule is CCCCOC(=O)Nc1ccc(C2OCCN2C)cc1. The fraction of sp³-hybridized carbons (Fsp3) is 0.533. The van der Waals surface area contributed by atoms with Crippen molar-refractivity contribution in [3.05, 3.63) is 29.8 Å². The van der Waals surface area contributed by atoms with Gasteiger partial charge in [-0.15, -0.1) is 0 Å². The summed E-state index contributed by atoms with van der Waals surface area (Å²) in [7, 11) is 2.04. The fourth-order valence-corrected chi connectivity index (χ4v) is 2.10. The Labute approximate surface area is 119 Å². The third-order valence-electron chi connectivity index (χ3n) is 3.29. The van der Waals surface area contributed by atoms with E-state index in [2.05, 4.69) is 17.1 Å². The molecule has 20 heavy (non-hydrogen) atoms. The van der Waals surface area contributed by atoms with E-state index in [0.717, 1.165) is 37.2 Å². The number of rotatable bonds is 5. The highest BCUT2D eigenvalue weighted by Crippen LogP contribution is 2.26. The molecule has 0 aromatic heterocycles. The lowest BCUT2D eigenvalue weighted by Crippen LogP contribution is -2.18. The van der Waals surface area contributed by atoms with E-state index in [1.165, 1.54) is 0 Å². The van der Waals surface area contributed by atoms with Gasteiger partial charge in [0.15, 0.2) is 0 Å². The number of nitrogens with one attached hydrogen (secondary N) is 1. The van der Waals surface area contributed by atoms with Crippen LogP contribution in [0.25, 0.3) is 0 Å². The summed E-state index contributed by atoms with van der Waals surface area (Å²) in [6.07, 6.45) is 1.51. The number of anilines is 1. The largest absolute Gasteiger partial charge is 0.449 e. The Bertz CT molecular complexity index is 433. The molecule has 1 fully saturated rings.